The van der Waals surface area contributed by atoms with Crippen molar-refractivity contribution in [2.24, 2.45) is 0 Å². The van der Waals surface area contributed by atoms with E-state index in [0.29, 0.717) is 31.7 Å². The van der Waals surface area contributed by atoms with Gasteiger partial charge in [-0.25, -0.2) is 13.1 Å². The molecule has 26 heavy (non-hydrogen) atoms. The van der Waals surface area contributed by atoms with Crippen LogP contribution in [0.25, 0.3) is 0 Å². The fraction of sp³-hybridized carbons (Fsp3) is 0.316. The Kier molecular flexibility index (Phi) is 6.03. The van der Waals surface area contributed by atoms with Crippen molar-refractivity contribution >= 4 is 15.9 Å². The number of sulfonamides is 1. The number of carbonyl (C=O) groups excluding carboxylic acids is 1. The zero-order valence-electron chi connectivity index (χ0n) is 14.4. The van der Waals surface area contributed by atoms with E-state index in [9.17, 15) is 13.2 Å². The van der Waals surface area contributed by atoms with Gasteiger partial charge >= 0.3 is 0 Å². The maximum Gasteiger partial charge on any atom is 0.251 e. The zero-order valence-corrected chi connectivity index (χ0v) is 15.2. The zero-order chi connectivity index (χ0) is 18.4. The molecular formula is C19H22N2O4S. The van der Waals surface area contributed by atoms with Gasteiger partial charge < -0.3 is 10.1 Å². The highest BCUT2D eigenvalue weighted by Crippen LogP contribution is 2.13. The van der Waals surface area contributed by atoms with Crippen LogP contribution in [0.5, 0.6) is 0 Å². The molecule has 1 saturated heterocycles. The first kappa shape index (κ1) is 18.6. The Morgan fingerprint density at radius 2 is 1.92 bits per heavy atom. The van der Waals surface area contributed by atoms with E-state index in [1.54, 1.807) is 12.1 Å². The van der Waals surface area contributed by atoms with Crippen molar-refractivity contribution in [3.05, 3.63) is 65.7 Å². The molecule has 0 bridgehead atoms. The van der Waals surface area contributed by atoms with E-state index in [1.165, 1.54) is 12.1 Å². The molecule has 6 nitrogen and oxygen atoms in total. The molecule has 1 heterocycles. The number of nitrogens with one attached hydrogen (secondary N) is 2. The Morgan fingerprint density at radius 3 is 2.65 bits per heavy atom. The molecule has 2 aromatic rings. The predicted molar refractivity (Wildman–Crippen MR) is 98.5 cm³/mol. The van der Waals surface area contributed by atoms with Gasteiger partial charge in [-0.2, -0.15) is 0 Å². The number of carbonyl (C=O) groups is 1. The van der Waals surface area contributed by atoms with Gasteiger partial charge in [0.2, 0.25) is 10.0 Å². The van der Waals surface area contributed by atoms with Crippen LogP contribution in [0.3, 0.4) is 0 Å². The summed E-state index contributed by atoms with van der Waals surface area (Å²) < 4.78 is 32.8. The molecule has 0 aromatic heterocycles. The van der Waals surface area contributed by atoms with Crippen molar-refractivity contribution in [3.8, 4) is 0 Å². The average Bonchev–Trinajstić information content (AvgIpc) is 3.15. The molecule has 0 spiro atoms. The second-order valence-electron chi connectivity index (χ2n) is 6.20. The molecular weight excluding hydrogens is 352 g/mol. The minimum absolute atomic E-state index is 0.0215. The van der Waals surface area contributed by atoms with E-state index in [0.717, 1.165) is 12.0 Å². The molecule has 2 N–H and O–H groups in total. The lowest BCUT2D eigenvalue weighted by Crippen LogP contribution is -2.35. The molecule has 1 atom stereocenters. The fourth-order valence-corrected chi connectivity index (χ4v) is 3.86. The lowest BCUT2D eigenvalue weighted by atomic mass is 10.2. The predicted octanol–water partition coefficient (Wildman–Crippen LogP) is 1.73. The Bertz CT molecular complexity index is 847. The van der Waals surface area contributed by atoms with Crippen molar-refractivity contribution in [3.63, 3.8) is 0 Å². The first-order valence-corrected chi connectivity index (χ1v) is 10.1. The van der Waals surface area contributed by atoms with Crippen molar-refractivity contribution in [2.45, 2.75) is 23.8 Å². The van der Waals surface area contributed by atoms with Gasteiger partial charge in [0.1, 0.15) is 0 Å². The fourth-order valence-electron chi connectivity index (χ4n) is 2.78. The monoisotopic (exact) mass is 374 g/mol. The molecule has 2 aromatic carbocycles. The highest BCUT2D eigenvalue weighted by molar-refractivity contribution is 7.89. The van der Waals surface area contributed by atoms with E-state index in [1.807, 2.05) is 30.3 Å². The highest BCUT2D eigenvalue weighted by atomic mass is 32.2. The van der Waals surface area contributed by atoms with Crippen molar-refractivity contribution < 1.29 is 17.9 Å². The average molecular weight is 374 g/mol. The van der Waals surface area contributed by atoms with E-state index >= 15 is 0 Å². The second-order valence-corrected chi connectivity index (χ2v) is 7.96. The summed E-state index contributed by atoms with van der Waals surface area (Å²) in [4.78, 5) is 12.4. The third-order valence-corrected chi connectivity index (χ3v) is 5.68. The van der Waals surface area contributed by atoms with E-state index in [4.69, 9.17) is 4.74 Å². The summed E-state index contributed by atoms with van der Waals surface area (Å²) in [7, 11) is -3.67. The summed E-state index contributed by atoms with van der Waals surface area (Å²) in [5, 5.41) is 2.86. The third-order valence-electron chi connectivity index (χ3n) is 4.22. The summed E-state index contributed by atoms with van der Waals surface area (Å²) in [6, 6.07) is 15.7. The Morgan fingerprint density at radius 1 is 1.12 bits per heavy atom. The topological polar surface area (TPSA) is 84.5 Å². The van der Waals surface area contributed by atoms with Gasteiger partial charge in [0.25, 0.3) is 5.91 Å². The number of amides is 1. The summed E-state index contributed by atoms with van der Waals surface area (Å²) in [5.74, 6) is -0.290. The smallest absolute Gasteiger partial charge is 0.251 e. The number of benzene rings is 2. The van der Waals surface area contributed by atoms with Gasteiger partial charge in [0.15, 0.2) is 0 Å². The Labute approximate surface area is 153 Å². The van der Waals surface area contributed by atoms with Crippen LogP contribution in [0.4, 0.5) is 0 Å². The third kappa shape index (κ3) is 4.91. The van der Waals surface area contributed by atoms with Crippen molar-refractivity contribution in [2.75, 3.05) is 19.8 Å². The van der Waals surface area contributed by atoms with Crippen LogP contribution in [-0.2, 0) is 21.2 Å². The summed E-state index contributed by atoms with van der Waals surface area (Å²) in [6.45, 7) is 1.41. The maximum atomic E-state index is 12.5. The van der Waals surface area contributed by atoms with Crippen LogP contribution in [-0.4, -0.2) is 40.1 Å². The SMILES string of the molecule is O=C(N[C@@H]1CCOC1)c1cccc(S(=O)(=O)NCCc2ccccc2)c1. The van der Waals surface area contributed by atoms with Gasteiger partial charge in [-0.3, -0.25) is 4.79 Å². The van der Waals surface area contributed by atoms with Crippen LogP contribution in [0.1, 0.15) is 22.3 Å². The van der Waals surface area contributed by atoms with E-state index < -0.39 is 10.0 Å². The van der Waals surface area contributed by atoms with Gasteiger partial charge in [0.05, 0.1) is 17.5 Å². The van der Waals surface area contributed by atoms with Crippen LogP contribution < -0.4 is 10.0 Å². The highest BCUT2D eigenvalue weighted by Gasteiger charge is 2.20. The normalized spacial score (nSPS) is 17.2. The molecule has 0 unspecified atom stereocenters. The lowest BCUT2D eigenvalue weighted by Gasteiger charge is -2.12. The number of rotatable bonds is 7. The molecule has 0 radical (unpaired) electrons. The maximum absolute atomic E-state index is 12.5. The standard InChI is InChI=1S/C19H22N2O4S/c22-19(21-17-10-12-25-14-17)16-7-4-8-18(13-16)26(23,24)20-11-9-15-5-2-1-3-6-15/h1-8,13,17,20H,9-12,14H2,(H,21,22)/t17-/m1/s1. The largest absolute Gasteiger partial charge is 0.379 e. The minimum atomic E-state index is -3.67. The number of ether oxygens (including phenoxy) is 1. The van der Waals surface area contributed by atoms with Crippen LogP contribution in [0.2, 0.25) is 0 Å². The quantitative estimate of drug-likeness (QED) is 0.773. The van der Waals surface area contributed by atoms with Crippen molar-refractivity contribution in [1.29, 1.82) is 0 Å². The number of hydrogen-bond acceptors (Lipinski definition) is 4. The van der Waals surface area contributed by atoms with Gasteiger partial charge in [-0.1, -0.05) is 36.4 Å². The first-order valence-electron chi connectivity index (χ1n) is 8.57. The molecule has 0 saturated carbocycles. The summed E-state index contributed by atoms with van der Waals surface area (Å²) in [5.41, 5.74) is 1.38. The van der Waals surface area contributed by atoms with Crippen LogP contribution in [0, 0.1) is 0 Å². The number of hydrogen-bond donors (Lipinski definition) is 2. The second kappa shape index (κ2) is 8.44. The molecule has 7 heteroatoms. The van der Waals surface area contributed by atoms with E-state index in [-0.39, 0.29) is 16.8 Å². The molecule has 1 fully saturated rings. The van der Waals surface area contributed by atoms with Gasteiger partial charge in [0, 0.05) is 18.7 Å². The Hall–Kier alpha value is -2.22. The molecule has 138 valence electrons. The molecule has 3 rings (SSSR count). The van der Waals surface area contributed by atoms with Gasteiger partial charge in [-0.05, 0) is 36.6 Å². The lowest BCUT2D eigenvalue weighted by molar-refractivity contribution is 0.0929. The molecule has 0 aliphatic carbocycles. The first-order chi connectivity index (χ1) is 12.5. The van der Waals surface area contributed by atoms with E-state index in [2.05, 4.69) is 10.0 Å². The van der Waals surface area contributed by atoms with Crippen LogP contribution in [0.15, 0.2) is 59.5 Å². The minimum Gasteiger partial charge on any atom is -0.379 e. The molecule has 1 amide bonds. The van der Waals surface area contributed by atoms with Gasteiger partial charge in [-0.15, -0.1) is 0 Å². The Balaban J connectivity index is 1.62. The van der Waals surface area contributed by atoms with Crippen molar-refractivity contribution in [1.82, 2.24) is 10.0 Å². The summed E-state index contributed by atoms with van der Waals surface area (Å²) >= 11 is 0. The molecule has 1 aliphatic heterocycles. The molecule has 1 aliphatic rings. The summed E-state index contributed by atoms with van der Waals surface area (Å²) in [6.07, 6.45) is 1.37. The van der Waals surface area contributed by atoms with Crippen LogP contribution >= 0.6 is 0 Å².